The van der Waals surface area contributed by atoms with Crippen LogP contribution in [-0.2, 0) is 10.0 Å². The summed E-state index contributed by atoms with van der Waals surface area (Å²) in [6.07, 6.45) is 3.95. The molecule has 0 saturated carbocycles. The number of imidazole rings is 1. The third kappa shape index (κ3) is 3.92. The smallest absolute Gasteiger partial charge is 0.213 e. The molecule has 16 heavy (non-hydrogen) atoms. The Bertz CT molecular complexity index is 388. The Hall–Kier alpha value is -0.920. The van der Waals surface area contributed by atoms with E-state index in [4.69, 9.17) is 0 Å². The molecule has 0 aliphatic heterocycles. The molecule has 0 aliphatic carbocycles. The molecule has 1 aromatic rings. The first-order valence-corrected chi connectivity index (χ1v) is 6.88. The van der Waals surface area contributed by atoms with Crippen molar-refractivity contribution in [3.63, 3.8) is 0 Å². The summed E-state index contributed by atoms with van der Waals surface area (Å²) in [5.41, 5.74) is 0. The van der Waals surface area contributed by atoms with Gasteiger partial charge in [0.05, 0.1) is 11.8 Å². The van der Waals surface area contributed by atoms with Crippen molar-refractivity contribution in [2.45, 2.75) is 19.4 Å². The van der Waals surface area contributed by atoms with E-state index in [0.29, 0.717) is 18.8 Å². The van der Waals surface area contributed by atoms with Crippen LogP contribution < -0.4 is 10.0 Å². The molecule has 0 fully saturated rings. The minimum Gasteiger partial charge on any atom is -0.347 e. The van der Waals surface area contributed by atoms with Crippen molar-refractivity contribution in [3.8, 4) is 0 Å². The molecule has 92 valence electrons. The molecule has 1 rings (SSSR count). The Labute approximate surface area is 95.9 Å². The highest BCUT2D eigenvalue weighted by Crippen LogP contribution is 2.12. The van der Waals surface area contributed by atoms with E-state index in [1.54, 1.807) is 19.4 Å². The minimum atomic E-state index is -3.25. The second kappa shape index (κ2) is 5.97. The van der Waals surface area contributed by atoms with Crippen molar-refractivity contribution < 1.29 is 8.42 Å². The Morgan fingerprint density at radius 3 is 2.81 bits per heavy atom. The number of hydrogen-bond acceptors (Lipinski definition) is 4. The standard InChI is InChI=1S/C9H18N4O2S/c1-3-8(9-11-4-5-12-9)13-16(14,15)7-6-10-2/h4-5,8,10,13H,3,6-7H2,1-2H3,(H,11,12). The van der Waals surface area contributed by atoms with Gasteiger partial charge in [0.25, 0.3) is 0 Å². The molecule has 3 N–H and O–H groups in total. The number of aromatic nitrogens is 2. The van der Waals surface area contributed by atoms with Crippen LogP contribution in [-0.4, -0.2) is 37.7 Å². The predicted octanol–water partition coefficient (Wildman–Crippen LogP) is -0.000400. The lowest BCUT2D eigenvalue weighted by Gasteiger charge is -2.14. The maximum atomic E-state index is 11.7. The number of nitrogens with one attached hydrogen (secondary N) is 3. The molecule has 1 atom stereocenters. The Balaban J connectivity index is 2.63. The van der Waals surface area contributed by atoms with Crippen molar-refractivity contribution in [2.24, 2.45) is 0 Å². The number of rotatable bonds is 7. The van der Waals surface area contributed by atoms with Crippen LogP contribution in [0, 0.1) is 0 Å². The molecule has 0 amide bonds. The van der Waals surface area contributed by atoms with Gasteiger partial charge in [0.15, 0.2) is 0 Å². The van der Waals surface area contributed by atoms with Crippen molar-refractivity contribution in [1.82, 2.24) is 20.0 Å². The van der Waals surface area contributed by atoms with Gasteiger partial charge in [-0.05, 0) is 13.5 Å². The summed E-state index contributed by atoms with van der Waals surface area (Å²) >= 11 is 0. The maximum absolute atomic E-state index is 11.7. The van der Waals surface area contributed by atoms with E-state index in [9.17, 15) is 8.42 Å². The topological polar surface area (TPSA) is 86.9 Å². The van der Waals surface area contributed by atoms with Gasteiger partial charge in [0.2, 0.25) is 10.0 Å². The van der Waals surface area contributed by atoms with Crippen LogP contribution in [0.5, 0.6) is 0 Å². The van der Waals surface area contributed by atoms with E-state index in [1.807, 2.05) is 6.92 Å². The van der Waals surface area contributed by atoms with Gasteiger partial charge in [0.1, 0.15) is 5.82 Å². The van der Waals surface area contributed by atoms with E-state index < -0.39 is 10.0 Å². The lowest BCUT2D eigenvalue weighted by Crippen LogP contribution is -2.34. The lowest BCUT2D eigenvalue weighted by atomic mass is 10.2. The summed E-state index contributed by atoms with van der Waals surface area (Å²) in [5.74, 6) is 0.719. The molecule has 0 radical (unpaired) electrons. The summed E-state index contributed by atoms with van der Waals surface area (Å²) in [6.45, 7) is 2.34. The van der Waals surface area contributed by atoms with E-state index in [1.165, 1.54) is 0 Å². The fourth-order valence-electron chi connectivity index (χ4n) is 1.31. The monoisotopic (exact) mass is 246 g/mol. The quantitative estimate of drug-likeness (QED) is 0.632. The molecule has 1 heterocycles. The van der Waals surface area contributed by atoms with Gasteiger partial charge in [0, 0.05) is 18.9 Å². The second-order valence-electron chi connectivity index (χ2n) is 3.48. The number of nitrogens with zero attached hydrogens (tertiary/aromatic N) is 1. The molecule has 1 aromatic heterocycles. The van der Waals surface area contributed by atoms with Gasteiger partial charge < -0.3 is 10.3 Å². The van der Waals surface area contributed by atoms with Crippen LogP contribution in [0.25, 0.3) is 0 Å². The van der Waals surface area contributed by atoms with Crippen LogP contribution in [0.1, 0.15) is 25.2 Å². The number of sulfonamides is 1. The van der Waals surface area contributed by atoms with E-state index in [2.05, 4.69) is 20.0 Å². The van der Waals surface area contributed by atoms with Crippen molar-refractivity contribution in [2.75, 3.05) is 19.3 Å². The maximum Gasteiger partial charge on any atom is 0.213 e. The first kappa shape index (κ1) is 13.1. The summed E-state index contributed by atoms with van der Waals surface area (Å²) in [4.78, 5) is 6.97. The van der Waals surface area contributed by atoms with Crippen LogP contribution in [0.4, 0.5) is 0 Å². The molecule has 0 aromatic carbocycles. The average Bonchev–Trinajstić information content (AvgIpc) is 2.76. The molecule has 1 unspecified atom stereocenters. The number of hydrogen-bond donors (Lipinski definition) is 3. The third-order valence-corrected chi connectivity index (χ3v) is 3.59. The third-order valence-electron chi connectivity index (χ3n) is 2.20. The molecule has 0 aliphatic rings. The normalized spacial score (nSPS) is 13.9. The van der Waals surface area contributed by atoms with Crippen LogP contribution in [0.2, 0.25) is 0 Å². The Morgan fingerprint density at radius 2 is 2.31 bits per heavy atom. The van der Waals surface area contributed by atoms with Crippen LogP contribution in [0.3, 0.4) is 0 Å². The van der Waals surface area contributed by atoms with E-state index >= 15 is 0 Å². The van der Waals surface area contributed by atoms with E-state index in [-0.39, 0.29) is 11.8 Å². The largest absolute Gasteiger partial charge is 0.347 e. The summed E-state index contributed by atoms with van der Waals surface area (Å²) in [6, 6.07) is -0.281. The molecular formula is C9H18N4O2S. The number of H-pyrrole nitrogens is 1. The predicted molar refractivity (Wildman–Crippen MR) is 62.5 cm³/mol. The van der Waals surface area contributed by atoms with Gasteiger partial charge in [-0.25, -0.2) is 18.1 Å². The highest BCUT2D eigenvalue weighted by atomic mass is 32.2. The van der Waals surface area contributed by atoms with Crippen molar-refractivity contribution in [3.05, 3.63) is 18.2 Å². The minimum absolute atomic E-state index is 0.0701. The molecule has 0 saturated heterocycles. The molecule has 7 heteroatoms. The van der Waals surface area contributed by atoms with E-state index in [0.717, 1.165) is 0 Å². The Kier molecular flexibility index (Phi) is 4.91. The Morgan fingerprint density at radius 1 is 1.56 bits per heavy atom. The highest BCUT2D eigenvalue weighted by molar-refractivity contribution is 7.89. The van der Waals surface area contributed by atoms with Gasteiger partial charge in [-0.15, -0.1) is 0 Å². The van der Waals surface area contributed by atoms with Crippen molar-refractivity contribution >= 4 is 10.0 Å². The SMILES string of the molecule is CCC(NS(=O)(=O)CCNC)c1ncc[nH]1. The fourth-order valence-corrected chi connectivity index (χ4v) is 2.62. The molecular weight excluding hydrogens is 228 g/mol. The van der Waals surface area contributed by atoms with Gasteiger partial charge in [-0.3, -0.25) is 0 Å². The zero-order chi connectivity index (χ0) is 12.0. The number of aromatic amines is 1. The van der Waals surface area contributed by atoms with Crippen LogP contribution in [0.15, 0.2) is 12.4 Å². The summed E-state index contributed by atoms with van der Waals surface area (Å²) < 4.78 is 25.9. The molecule has 0 bridgehead atoms. The van der Waals surface area contributed by atoms with Gasteiger partial charge >= 0.3 is 0 Å². The van der Waals surface area contributed by atoms with Gasteiger partial charge in [-0.2, -0.15) is 0 Å². The zero-order valence-electron chi connectivity index (χ0n) is 9.53. The summed E-state index contributed by atoms with van der Waals surface area (Å²) in [7, 11) is -1.53. The summed E-state index contributed by atoms with van der Waals surface area (Å²) in [5, 5.41) is 2.81. The average molecular weight is 246 g/mol. The molecule has 0 spiro atoms. The first-order chi connectivity index (χ1) is 7.59. The second-order valence-corrected chi connectivity index (χ2v) is 5.35. The van der Waals surface area contributed by atoms with Crippen molar-refractivity contribution in [1.29, 1.82) is 0 Å². The van der Waals surface area contributed by atoms with Crippen LogP contribution >= 0.6 is 0 Å². The lowest BCUT2D eigenvalue weighted by molar-refractivity contribution is 0.538. The first-order valence-electron chi connectivity index (χ1n) is 5.23. The fraction of sp³-hybridized carbons (Fsp3) is 0.667. The zero-order valence-corrected chi connectivity index (χ0v) is 10.3. The molecule has 6 nitrogen and oxygen atoms in total. The highest BCUT2D eigenvalue weighted by Gasteiger charge is 2.18. The van der Waals surface area contributed by atoms with Gasteiger partial charge in [-0.1, -0.05) is 6.92 Å².